The highest BCUT2D eigenvalue weighted by molar-refractivity contribution is 8.19. The largest absolute Gasteiger partial charge is 0.493 e. The lowest BCUT2D eigenvalue weighted by Crippen LogP contribution is -2.28. The maximum atomic E-state index is 13.7. The topological polar surface area (TPSA) is 51.1 Å². The lowest BCUT2D eigenvalue weighted by atomic mass is 10.1. The van der Waals surface area contributed by atoms with Gasteiger partial charge in [-0.25, -0.2) is 4.99 Å². The summed E-state index contributed by atoms with van der Waals surface area (Å²) in [7, 11) is 1.62. The fraction of sp³-hybridized carbons (Fsp3) is 0.111. The highest BCUT2D eigenvalue weighted by Crippen LogP contribution is 2.38. The number of aliphatic imine (C=N–C) groups is 1. The second kappa shape index (κ2) is 12.0. The molecule has 0 aromatic heterocycles. The van der Waals surface area contributed by atoms with Crippen LogP contribution in [0.4, 0.5) is 11.4 Å². The zero-order chi connectivity index (χ0) is 29.1. The van der Waals surface area contributed by atoms with Crippen molar-refractivity contribution in [3.63, 3.8) is 0 Å². The zero-order valence-corrected chi connectivity index (χ0v) is 24.5. The molecule has 0 aliphatic carbocycles. The molecular formula is C36H30N2O3S. The molecule has 1 aliphatic heterocycles. The maximum Gasteiger partial charge on any atom is 0.271 e. The van der Waals surface area contributed by atoms with Crippen molar-refractivity contribution in [3.05, 3.63) is 136 Å². The Bertz CT molecular complexity index is 1820. The first-order valence-corrected chi connectivity index (χ1v) is 14.5. The first-order valence-electron chi connectivity index (χ1n) is 13.7. The third kappa shape index (κ3) is 5.80. The molecule has 6 rings (SSSR count). The molecule has 0 radical (unpaired) electrons. The van der Waals surface area contributed by atoms with Crippen LogP contribution < -0.4 is 14.4 Å². The number of thioether (sulfide) groups is 1. The van der Waals surface area contributed by atoms with Gasteiger partial charge in [0.2, 0.25) is 0 Å². The molecular weight excluding hydrogens is 540 g/mol. The summed E-state index contributed by atoms with van der Waals surface area (Å²) in [5.41, 5.74) is 5.79. The van der Waals surface area contributed by atoms with E-state index in [4.69, 9.17) is 14.5 Å². The summed E-state index contributed by atoms with van der Waals surface area (Å²) in [6, 6.07) is 36.1. The van der Waals surface area contributed by atoms with Crippen LogP contribution in [0.1, 0.15) is 22.3 Å². The molecule has 0 saturated carbocycles. The molecule has 1 saturated heterocycles. The minimum Gasteiger partial charge on any atom is -0.493 e. The van der Waals surface area contributed by atoms with Crippen LogP contribution >= 0.6 is 11.8 Å². The number of rotatable bonds is 7. The van der Waals surface area contributed by atoms with Gasteiger partial charge in [-0.3, -0.25) is 9.69 Å². The SMILES string of the molecule is COc1cc(/C=C2/SC(=Nc3ccc(C)cc3)N(c3ccc(C)cc3)C2=O)ccc1OCc1cccc2ccccc12. The Morgan fingerprint density at radius 3 is 2.29 bits per heavy atom. The monoisotopic (exact) mass is 570 g/mol. The van der Waals surface area contributed by atoms with Crippen molar-refractivity contribution in [2.75, 3.05) is 12.0 Å². The van der Waals surface area contributed by atoms with E-state index in [1.165, 1.54) is 22.5 Å². The fourth-order valence-corrected chi connectivity index (χ4v) is 5.82. The van der Waals surface area contributed by atoms with Crippen LogP contribution in [-0.2, 0) is 11.4 Å². The molecule has 0 bridgehead atoms. The number of nitrogens with zero attached hydrogens (tertiary/aromatic N) is 2. The molecule has 0 spiro atoms. The molecule has 5 nitrogen and oxygen atoms in total. The summed E-state index contributed by atoms with van der Waals surface area (Å²) >= 11 is 1.36. The summed E-state index contributed by atoms with van der Waals surface area (Å²) in [4.78, 5) is 20.8. The van der Waals surface area contributed by atoms with Gasteiger partial charge in [0.05, 0.1) is 23.4 Å². The number of amides is 1. The van der Waals surface area contributed by atoms with Gasteiger partial charge in [-0.1, -0.05) is 83.9 Å². The molecule has 1 heterocycles. The highest BCUT2D eigenvalue weighted by atomic mass is 32.2. The van der Waals surface area contributed by atoms with E-state index in [0.717, 1.165) is 33.6 Å². The first kappa shape index (κ1) is 27.4. The quantitative estimate of drug-likeness (QED) is 0.183. The van der Waals surface area contributed by atoms with Crippen LogP contribution in [-0.4, -0.2) is 18.2 Å². The van der Waals surface area contributed by atoms with Crippen LogP contribution in [0.2, 0.25) is 0 Å². The minimum absolute atomic E-state index is 0.120. The number of carbonyl (C=O) groups is 1. The van der Waals surface area contributed by atoms with Gasteiger partial charge in [0.25, 0.3) is 5.91 Å². The summed E-state index contributed by atoms with van der Waals surface area (Å²) in [5, 5.41) is 2.95. The van der Waals surface area contributed by atoms with E-state index in [9.17, 15) is 4.79 Å². The Morgan fingerprint density at radius 1 is 0.810 bits per heavy atom. The third-order valence-corrected chi connectivity index (χ3v) is 8.07. The average Bonchev–Trinajstić information content (AvgIpc) is 3.31. The number of ether oxygens (including phenoxy) is 2. The van der Waals surface area contributed by atoms with E-state index in [1.54, 1.807) is 12.0 Å². The molecule has 208 valence electrons. The van der Waals surface area contributed by atoms with Gasteiger partial charge < -0.3 is 9.47 Å². The smallest absolute Gasteiger partial charge is 0.271 e. The van der Waals surface area contributed by atoms with Crippen molar-refractivity contribution in [1.29, 1.82) is 0 Å². The van der Waals surface area contributed by atoms with Gasteiger partial charge in [0.1, 0.15) is 6.61 Å². The van der Waals surface area contributed by atoms with E-state index < -0.39 is 0 Å². The normalized spacial score (nSPS) is 15.1. The van der Waals surface area contributed by atoms with Gasteiger partial charge in [0, 0.05) is 0 Å². The molecule has 0 unspecified atom stereocenters. The van der Waals surface area contributed by atoms with Crippen molar-refractivity contribution in [2.45, 2.75) is 20.5 Å². The Morgan fingerprint density at radius 2 is 1.52 bits per heavy atom. The number of carbonyl (C=O) groups excluding carboxylic acids is 1. The summed E-state index contributed by atoms with van der Waals surface area (Å²) < 4.78 is 11.9. The van der Waals surface area contributed by atoms with Crippen LogP contribution in [0.15, 0.2) is 119 Å². The number of aryl methyl sites for hydroxylation is 2. The Hall–Kier alpha value is -4.81. The van der Waals surface area contributed by atoms with E-state index in [2.05, 4.69) is 24.3 Å². The first-order chi connectivity index (χ1) is 20.5. The van der Waals surface area contributed by atoms with Crippen LogP contribution in [0.5, 0.6) is 11.5 Å². The number of hydrogen-bond donors (Lipinski definition) is 0. The number of methoxy groups -OCH3 is 1. The number of hydrogen-bond acceptors (Lipinski definition) is 5. The number of anilines is 1. The van der Waals surface area contributed by atoms with E-state index in [-0.39, 0.29) is 5.91 Å². The molecule has 0 N–H and O–H groups in total. The summed E-state index contributed by atoms with van der Waals surface area (Å²) in [6.45, 7) is 4.48. The van der Waals surface area contributed by atoms with Gasteiger partial charge in [0.15, 0.2) is 16.7 Å². The zero-order valence-electron chi connectivity index (χ0n) is 23.7. The highest BCUT2D eigenvalue weighted by Gasteiger charge is 2.34. The lowest BCUT2D eigenvalue weighted by Gasteiger charge is -2.16. The van der Waals surface area contributed by atoms with Crippen LogP contribution in [0, 0.1) is 13.8 Å². The van der Waals surface area contributed by atoms with Gasteiger partial charge in [-0.2, -0.15) is 0 Å². The van der Waals surface area contributed by atoms with Gasteiger partial charge in [-0.05, 0) is 90.0 Å². The molecule has 1 fully saturated rings. The summed E-state index contributed by atoms with van der Waals surface area (Å²) in [6.07, 6.45) is 1.88. The Balaban J connectivity index is 1.28. The Kier molecular flexibility index (Phi) is 7.80. The number of amidine groups is 1. The molecule has 1 aliphatic rings. The maximum absolute atomic E-state index is 13.7. The Labute approximate surface area is 250 Å². The molecule has 5 aromatic carbocycles. The average molecular weight is 571 g/mol. The fourth-order valence-electron chi connectivity index (χ4n) is 4.82. The van der Waals surface area contributed by atoms with Crippen molar-refractivity contribution in [1.82, 2.24) is 0 Å². The second-order valence-electron chi connectivity index (χ2n) is 10.2. The standard InChI is InChI=1S/C36H30N2O3S/c1-24-11-16-29(17-12-24)37-36-38(30-18-13-25(2)14-19-30)35(39)34(42-36)22-26-15-20-32(33(21-26)40-3)41-23-28-9-6-8-27-7-4-5-10-31(27)28/h4-22H,23H2,1-3H3/b34-22+,37-36?. The van der Waals surface area contributed by atoms with Crippen molar-refractivity contribution < 1.29 is 14.3 Å². The number of fused-ring (bicyclic) bond motifs is 1. The van der Waals surface area contributed by atoms with Crippen molar-refractivity contribution in [2.24, 2.45) is 4.99 Å². The predicted octanol–water partition coefficient (Wildman–Crippen LogP) is 8.85. The molecule has 6 heteroatoms. The molecule has 1 amide bonds. The van der Waals surface area contributed by atoms with Crippen molar-refractivity contribution in [3.8, 4) is 11.5 Å². The molecule has 5 aromatic rings. The molecule has 0 atom stereocenters. The molecule has 42 heavy (non-hydrogen) atoms. The minimum atomic E-state index is -0.120. The van der Waals surface area contributed by atoms with Crippen molar-refractivity contribution >= 4 is 51.1 Å². The van der Waals surface area contributed by atoms with Crippen LogP contribution in [0.25, 0.3) is 16.8 Å². The third-order valence-electron chi connectivity index (χ3n) is 7.11. The van der Waals surface area contributed by atoms with E-state index >= 15 is 0 Å². The predicted molar refractivity (Wildman–Crippen MR) is 174 cm³/mol. The second-order valence-corrected chi connectivity index (χ2v) is 11.2. The van der Waals surface area contributed by atoms with Crippen LogP contribution in [0.3, 0.4) is 0 Å². The van der Waals surface area contributed by atoms with E-state index in [1.807, 2.05) is 105 Å². The lowest BCUT2D eigenvalue weighted by molar-refractivity contribution is -0.113. The van der Waals surface area contributed by atoms with E-state index in [0.29, 0.717) is 28.2 Å². The number of benzene rings is 5. The summed E-state index contributed by atoms with van der Waals surface area (Å²) in [5.74, 6) is 1.12. The van der Waals surface area contributed by atoms with Gasteiger partial charge in [-0.15, -0.1) is 0 Å². The van der Waals surface area contributed by atoms with Gasteiger partial charge >= 0.3 is 0 Å².